The molecule has 3 heterocycles. The number of pyridine rings is 1. The molecule has 0 aliphatic heterocycles. The molecule has 0 amide bonds. The lowest BCUT2D eigenvalue weighted by Crippen LogP contribution is -1.98. The van der Waals surface area contributed by atoms with Crippen LogP contribution >= 0.6 is 11.3 Å². The molecule has 9 aromatic rings. The molecular weight excluding hydrogens is 504 g/mol. The SMILES string of the molecule is c1ccc(-c2cccc(-n3c4cccc5ccc6c(-c7ccc8sc9ccccc9c8c7)ccc3c6c54)n2)cc1. The zero-order chi connectivity index (χ0) is 26.2. The topological polar surface area (TPSA) is 17.8 Å². The summed E-state index contributed by atoms with van der Waals surface area (Å²) in [5, 5.41) is 7.79. The van der Waals surface area contributed by atoms with Crippen LogP contribution in [0.1, 0.15) is 0 Å². The zero-order valence-electron chi connectivity index (χ0n) is 21.5. The van der Waals surface area contributed by atoms with Gasteiger partial charge < -0.3 is 0 Å². The highest BCUT2D eigenvalue weighted by atomic mass is 32.1. The van der Waals surface area contributed by atoms with Crippen molar-refractivity contribution in [3.8, 4) is 28.2 Å². The van der Waals surface area contributed by atoms with Gasteiger partial charge in [-0.25, -0.2) is 4.98 Å². The van der Waals surface area contributed by atoms with Gasteiger partial charge in [0.1, 0.15) is 5.82 Å². The normalized spacial score (nSPS) is 12.0. The van der Waals surface area contributed by atoms with E-state index in [4.69, 9.17) is 4.98 Å². The Morgan fingerprint density at radius 3 is 2.27 bits per heavy atom. The van der Waals surface area contributed by atoms with Crippen LogP contribution in [-0.2, 0) is 0 Å². The third-order valence-electron chi connectivity index (χ3n) is 8.18. The quantitative estimate of drug-likeness (QED) is 0.209. The highest BCUT2D eigenvalue weighted by Crippen LogP contribution is 2.43. The van der Waals surface area contributed by atoms with Crippen molar-refractivity contribution in [1.29, 1.82) is 0 Å². The van der Waals surface area contributed by atoms with Crippen molar-refractivity contribution in [3.05, 3.63) is 133 Å². The molecule has 6 aromatic carbocycles. The van der Waals surface area contributed by atoms with Gasteiger partial charge in [-0.15, -0.1) is 11.3 Å². The van der Waals surface area contributed by atoms with Crippen LogP contribution in [0.25, 0.3) is 81.0 Å². The number of fused-ring (bicyclic) bond motifs is 3. The summed E-state index contributed by atoms with van der Waals surface area (Å²) >= 11 is 1.87. The van der Waals surface area contributed by atoms with Crippen molar-refractivity contribution in [2.24, 2.45) is 0 Å². The van der Waals surface area contributed by atoms with Gasteiger partial charge in [0.25, 0.3) is 0 Å². The van der Waals surface area contributed by atoms with Gasteiger partial charge in [0.05, 0.1) is 16.7 Å². The number of thiophene rings is 1. The van der Waals surface area contributed by atoms with Crippen LogP contribution in [0, 0.1) is 0 Å². The molecule has 0 N–H and O–H groups in total. The minimum absolute atomic E-state index is 0.935. The first kappa shape index (κ1) is 21.9. The van der Waals surface area contributed by atoms with Crippen LogP contribution in [-0.4, -0.2) is 9.55 Å². The van der Waals surface area contributed by atoms with E-state index in [1.54, 1.807) is 0 Å². The predicted octanol–water partition coefficient (Wildman–Crippen LogP) is 10.5. The first-order chi connectivity index (χ1) is 19.8. The standard InChI is InChI=1S/C37H22N2S/c1-2-8-23(9-3-1)30-12-7-15-35(38-30)39-31-13-6-10-24-16-18-28-26(19-20-32(39)37(28)36(24)31)25-17-21-34-29(22-25)27-11-4-5-14-33(27)40-34/h1-22H. The Morgan fingerprint density at radius 2 is 1.32 bits per heavy atom. The summed E-state index contributed by atoms with van der Waals surface area (Å²) in [4.78, 5) is 5.15. The molecule has 3 aromatic heterocycles. The summed E-state index contributed by atoms with van der Waals surface area (Å²) in [7, 11) is 0. The minimum atomic E-state index is 0.935. The minimum Gasteiger partial charge on any atom is -0.294 e. The van der Waals surface area contributed by atoms with Crippen molar-refractivity contribution < 1.29 is 0 Å². The monoisotopic (exact) mass is 526 g/mol. The molecule has 0 saturated carbocycles. The molecule has 0 atom stereocenters. The summed E-state index contributed by atoms with van der Waals surface area (Å²) in [6, 6.07) is 48.1. The Bertz CT molecular complexity index is 2380. The number of aromatic nitrogens is 2. The average Bonchev–Trinajstić information content (AvgIpc) is 3.57. The molecule has 0 aliphatic rings. The lowest BCUT2D eigenvalue weighted by Gasteiger charge is -2.11. The largest absolute Gasteiger partial charge is 0.294 e. The Hall–Kier alpha value is -4.99. The molecule has 40 heavy (non-hydrogen) atoms. The van der Waals surface area contributed by atoms with Crippen molar-refractivity contribution in [1.82, 2.24) is 9.55 Å². The van der Waals surface area contributed by atoms with E-state index in [1.165, 1.54) is 63.9 Å². The first-order valence-corrected chi connectivity index (χ1v) is 14.4. The highest BCUT2D eigenvalue weighted by molar-refractivity contribution is 7.25. The van der Waals surface area contributed by atoms with Crippen LogP contribution in [0.4, 0.5) is 0 Å². The molecule has 0 radical (unpaired) electrons. The molecule has 0 spiro atoms. The second-order valence-corrected chi connectivity index (χ2v) is 11.5. The van der Waals surface area contributed by atoms with Crippen LogP contribution < -0.4 is 0 Å². The molecule has 0 unspecified atom stereocenters. The van der Waals surface area contributed by atoms with E-state index < -0.39 is 0 Å². The Balaban J connectivity index is 1.32. The summed E-state index contributed by atoms with van der Waals surface area (Å²) in [6.45, 7) is 0. The van der Waals surface area contributed by atoms with E-state index in [-0.39, 0.29) is 0 Å². The van der Waals surface area contributed by atoms with E-state index in [2.05, 4.69) is 132 Å². The molecule has 0 aliphatic carbocycles. The molecule has 9 rings (SSSR count). The maximum absolute atomic E-state index is 5.15. The molecular formula is C37H22N2S. The summed E-state index contributed by atoms with van der Waals surface area (Å²) in [5.74, 6) is 0.935. The summed E-state index contributed by atoms with van der Waals surface area (Å²) < 4.78 is 5.00. The maximum Gasteiger partial charge on any atom is 0.138 e. The molecule has 2 nitrogen and oxygen atoms in total. The van der Waals surface area contributed by atoms with E-state index >= 15 is 0 Å². The van der Waals surface area contributed by atoms with Gasteiger partial charge in [-0.1, -0.05) is 91.0 Å². The Labute approximate surface area is 234 Å². The number of benzene rings is 6. The van der Waals surface area contributed by atoms with Crippen molar-refractivity contribution in [3.63, 3.8) is 0 Å². The van der Waals surface area contributed by atoms with E-state index in [0.717, 1.165) is 17.1 Å². The van der Waals surface area contributed by atoms with Crippen molar-refractivity contribution >= 4 is 64.1 Å². The number of hydrogen-bond acceptors (Lipinski definition) is 2. The fourth-order valence-electron chi connectivity index (χ4n) is 6.40. The third kappa shape index (κ3) is 3.07. The second kappa shape index (κ2) is 8.25. The molecule has 0 bridgehead atoms. The summed E-state index contributed by atoms with van der Waals surface area (Å²) in [5.41, 5.74) is 6.99. The molecule has 186 valence electrons. The molecule has 0 saturated heterocycles. The van der Waals surface area contributed by atoms with Crippen molar-refractivity contribution in [2.45, 2.75) is 0 Å². The zero-order valence-corrected chi connectivity index (χ0v) is 22.3. The van der Waals surface area contributed by atoms with Gasteiger partial charge in [-0.05, 0) is 64.4 Å². The molecule has 3 heteroatoms. The molecule has 0 fully saturated rings. The fraction of sp³-hybridized carbons (Fsp3) is 0. The average molecular weight is 527 g/mol. The van der Waals surface area contributed by atoms with E-state index in [0.29, 0.717) is 0 Å². The first-order valence-electron chi connectivity index (χ1n) is 13.6. The van der Waals surface area contributed by atoms with Gasteiger partial charge in [0.15, 0.2) is 0 Å². The smallest absolute Gasteiger partial charge is 0.138 e. The van der Waals surface area contributed by atoms with Crippen LogP contribution in [0.2, 0.25) is 0 Å². The van der Waals surface area contributed by atoms with Crippen LogP contribution in [0.3, 0.4) is 0 Å². The lowest BCUT2D eigenvalue weighted by molar-refractivity contribution is 1.08. The van der Waals surface area contributed by atoms with Crippen LogP contribution in [0.15, 0.2) is 133 Å². The van der Waals surface area contributed by atoms with Crippen molar-refractivity contribution in [2.75, 3.05) is 0 Å². The van der Waals surface area contributed by atoms with E-state index in [9.17, 15) is 0 Å². The third-order valence-corrected chi connectivity index (χ3v) is 9.33. The number of rotatable bonds is 3. The fourth-order valence-corrected chi connectivity index (χ4v) is 7.48. The predicted molar refractivity (Wildman–Crippen MR) is 171 cm³/mol. The van der Waals surface area contributed by atoms with Gasteiger partial charge in [0.2, 0.25) is 0 Å². The Morgan fingerprint density at radius 1 is 0.500 bits per heavy atom. The van der Waals surface area contributed by atoms with E-state index in [1.807, 2.05) is 17.4 Å². The lowest BCUT2D eigenvalue weighted by atomic mass is 9.94. The summed E-state index contributed by atoms with van der Waals surface area (Å²) in [6.07, 6.45) is 0. The van der Waals surface area contributed by atoms with Gasteiger partial charge in [0, 0.05) is 36.5 Å². The van der Waals surface area contributed by atoms with Crippen LogP contribution in [0.5, 0.6) is 0 Å². The number of nitrogens with zero attached hydrogens (tertiary/aromatic N) is 2. The van der Waals surface area contributed by atoms with Gasteiger partial charge >= 0.3 is 0 Å². The van der Waals surface area contributed by atoms with Gasteiger partial charge in [-0.3, -0.25) is 4.57 Å². The Kier molecular flexibility index (Phi) is 4.52. The van der Waals surface area contributed by atoms with Gasteiger partial charge in [-0.2, -0.15) is 0 Å². The number of hydrogen-bond donors (Lipinski definition) is 0. The second-order valence-electron chi connectivity index (χ2n) is 10.4. The maximum atomic E-state index is 5.15. The highest BCUT2D eigenvalue weighted by Gasteiger charge is 2.20.